The predicted octanol–water partition coefficient (Wildman–Crippen LogP) is 4.79. The van der Waals surface area contributed by atoms with E-state index in [1.807, 2.05) is 55.8 Å². The lowest BCUT2D eigenvalue weighted by atomic mass is 9.92. The van der Waals surface area contributed by atoms with E-state index in [1.54, 1.807) is 18.7 Å². The molecule has 1 unspecified atom stereocenters. The molecule has 30 heavy (non-hydrogen) atoms. The molecule has 0 aliphatic heterocycles. The fraction of sp³-hybridized carbons (Fsp3) is 0.261. The number of aromatic nitrogens is 3. The molecule has 6 nitrogen and oxygen atoms in total. The summed E-state index contributed by atoms with van der Waals surface area (Å²) < 4.78 is 7.27. The topological polar surface area (TPSA) is 69.0 Å². The number of rotatable bonds is 4. The Hall–Kier alpha value is -3.12. The molecule has 0 fully saturated rings. The smallest absolute Gasteiger partial charge is 0.408 e. The first-order chi connectivity index (χ1) is 14.4. The van der Waals surface area contributed by atoms with E-state index in [0.717, 1.165) is 33.7 Å². The third-order valence-electron chi connectivity index (χ3n) is 5.04. The van der Waals surface area contributed by atoms with E-state index < -0.39 is 12.1 Å². The van der Waals surface area contributed by atoms with Crippen LogP contribution in [0, 0.1) is 0 Å². The Morgan fingerprint density at radius 1 is 1.30 bits per heavy atom. The van der Waals surface area contributed by atoms with Gasteiger partial charge in [-0.15, -0.1) is 0 Å². The second-order valence-electron chi connectivity index (χ2n) is 7.58. The quantitative estimate of drug-likeness (QED) is 0.656. The molecule has 0 spiro atoms. The summed E-state index contributed by atoms with van der Waals surface area (Å²) in [5.41, 5.74) is 5.78. The third kappa shape index (κ3) is 4.09. The number of carbonyl (C=O) groups is 1. The van der Waals surface area contributed by atoms with E-state index in [1.165, 1.54) is 0 Å². The lowest BCUT2D eigenvalue weighted by Gasteiger charge is -2.24. The number of hydrogen-bond acceptors (Lipinski definition) is 4. The molecule has 1 N–H and O–H groups in total. The molecule has 0 saturated heterocycles. The van der Waals surface area contributed by atoms with Crippen LogP contribution in [0.4, 0.5) is 4.79 Å². The minimum Gasteiger partial charge on any atom is -0.447 e. The molecule has 1 atom stereocenters. The Kier molecular flexibility index (Phi) is 5.59. The highest BCUT2D eigenvalue weighted by Crippen LogP contribution is 2.38. The van der Waals surface area contributed by atoms with E-state index in [0.29, 0.717) is 11.4 Å². The van der Waals surface area contributed by atoms with Crippen molar-refractivity contribution >= 4 is 29.3 Å². The number of alkyl carbamates (subject to hydrolysis) is 1. The monoisotopic (exact) mass is 422 g/mol. The number of imidazole rings is 1. The second-order valence-corrected chi connectivity index (χ2v) is 8.01. The van der Waals surface area contributed by atoms with Crippen LogP contribution in [0.2, 0.25) is 5.02 Å². The summed E-state index contributed by atoms with van der Waals surface area (Å²) in [6.07, 6.45) is 7.28. The minimum atomic E-state index is -0.490. The van der Waals surface area contributed by atoms with Crippen LogP contribution in [0.3, 0.4) is 0 Å². The average Bonchev–Trinajstić information content (AvgIpc) is 3.04. The van der Waals surface area contributed by atoms with Gasteiger partial charge in [0.1, 0.15) is 0 Å². The number of hydrogen-bond donors (Lipinski definition) is 1. The summed E-state index contributed by atoms with van der Waals surface area (Å²) in [7, 11) is 1.90. The number of fused-ring (bicyclic) bond motifs is 2. The Labute approximate surface area is 180 Å². The van der Waals surface area contributed by atoms with Gasteiger partial charge in [0.05, 0.1) is 36.1 Å². The highest BCUT2D eigenvalue weighted by molar-refractivity contribution is 6.30. The van der Waals surface area contributed by atoms with Crippen molar-refractivity contribution in [3.63, 3.8) is 0 Å². The van der Waals surface area contributed by atoms with Gasteiger partial charge in [0.25, 0.3) is 0 Å². The van der Waals surface area contributed by atoms with Crippen molar-refractivity contribution in [2.24, 2.45) is 7.05 Å². The van der Waals surface area contributed by atoms with E-state index in [2.05, 4.69) is 21.4 Å². The summed E-state index contributed by atoms with van der Waals surface area (Å²) in [6, 6.07) is 9.30. The summed E-state index contributed by atoms with van der Waals surface area (Å²) >= 11 is 6.37. The van der Waals surface area contributed by atoms with E-state index in [-0.39, 0.29) is 6.10 Å². The summed E-state index contributed by atoms with van der Waals surface area (Å²) in [5, 5.41) is 3.66. The van der Waals surface area contributed by atoms with Gasteiger partial charge in [0.2, 0.25) is 0 Å². The molecule has 7 heteroatoms. The molecule has 0 saturated carbocycles. The number of aryl methyl sites for hydroxylation is 1. The normalized spacial score (nSPS) is 13.7. The Bertz CT molecular complexity index is 1120. The molecule has 3 aromatic rings. The van der Waals surface area contributed by atoms with Crippen LogP contribution >= 0.6 is 11.6 Å². The Morgan fingerprint density at radius 2 is 2.13 bits per heavy atom. The molecule has 4 rings (SSSR count). The van der Waals surface area contributed by atoms with Gasteiger partial charge in [0, 0.05) is 24.7 Å². The van der Waals surface area contributed by atoms with E-state index in [4.69, 9.17) is 16.3 Å². The predicted molar refractivity (Wildman–Crippen MR) is 117 cm³/mol. The molecular weight excluding hydrogens is 400 g/mol. The minimum absolute atomic E-state index is 0.230. The van der Waals surface area contributed by atoms with Crippen LogP contribution in [-0.2, 0) is 18.2 Å². The number of ether oxygens (including phenoxy) is 1. The lowest BCUT2D eigenvalue weighted by molar-refractivity contribution is 0.114. The van der Waals surface area contributed by atoms with Gasteiger partial charge in [0.15, 0.2) is 0 Å². The van der Waals surface area contributed by atoms with Gasteiger partial charge >= 0.3 is 6.09 Å². The molecular formula is C23H23ClN4O2. The molecule has 1 aliphatic rings. The SMILES string of the molecule is CC(C)OC(=O)NC(C1=Cc2cccnc2Cc2ccc(Cl)cc21)c1cncn1C. The van der Waals surface area contributed by atoms with Crippen LogP contribution in [0.25, 0.3) is 11.6 Å². The van der Waals surface area contributed by atoms with Gasteiger partial charge in [-0.05, 0) is 60.4 Å². The van der Waals surface area contributed by atoms with Crippen molar-refractivity contribution in [1.29, 1.82) is 0 Å². The highest BCUT2D eigenvalue weighted by Gasteiger charge is 2.28. The summed E-state index contributed by atoms with van der Waals surface area (Å²) in [4.78, 5) is 21.4. The number of nitrogens with one attached hydrogen (secondary N) is 1. The molecule has 154 valence electrons. The largest absolute Gasteiger partial charge is 0.447 e. The van der Waals surface area contributed by atoms with Gasteiger partial charge in [-0.1, -0.05) is 23.7 Å². The zero-order chi connectivity index (χ0) is 21.3. The van der Waals surface area contributed by atoms with Gasteiger partial charge in [-0.25, -0.2) is 9.78 Å². The first-order valence-corrected chi connectivity index (χ1v) is 10.2. The van der Waals surface area contributed by atoms with Crippen molar-refractivity contribution in [3.8, 4) is 0 Å². The number of benzene rings is 1. The number of nitrogens with zero attached hydrogens (tertiary/aromatic N) is 3. The van der Waals surface area contributed by atoms with Crippen LogP contribution in [0.15, 0.2) is 49.1 Å². The van der Waals surface area contributed by atoms with Crippen LogP contribution in [0.1, 0.15) is 48.0 Å². The number of amides is 1. The number of carbonyl (C=O) groups excluding carboxylic acids is 1. The average molecular weight is 423 g/mol. The summed E-state index contributed by atoms with van der Waals surface area (Å²) in [6.45, 7) is 3.64. The Balaban J connectivity index is 1.90. The fourth-order valence-electron chi connectivity index (χ4n) is 3.69. The van der Waals surface area contributed by atoms with Crippen molar-refractivity contribution < 1.29 is 9.53 Å². The van der Waals surface area contributed by atoms with Crippen molar-refractivity contribution in [1.82, 2.24) is 19.9 Å². The molecule has 2 aromatic heterocycles. The van der Waals surface area contributed by atoms with Crippen molar-refractivity contribution in [2.75, 3.05) is 0 Å². The van der Waals surface area contributed by atoms with Gasteiger partial charge in [-0.3, -0.25) is 4.98 Å². The maximum Gasteiger partial charge on any atom is 0.408 e. The molecule has 2 heterocycles. The Morgan fingerprint density at radius 3 is 2.87 bits per heavy atom. The van der Waals surface area contributed by atoms with E-state index in [9.17, 15) is 4.79 Å². The van der Waals surface area contributed by atoms with Crippen LogP contribution in [-0.4, -0.2) is 26.7 Å². The van der Waals surface area contributed by atoms with Crippen molar-refractivity contribution in [3.05, 3.63) is 82.2 Å². The van der Waals surface area contributed by atoms with Gasteiger partial charge in [-0.2, -0.15) is 0 Å². The van der Waals surface area contributed by atoms with Crippen LogP contribution < -0.4 is 5.32 Å². The molecule has 0 radical (unpaired) electrons. The maximum atomic E-state index is 12.6. The number of pyridine rings is 1. The molecule has 1 aliphatic carbocycles. The van der Waals surface area contributed by atoms with E-state index >= 15 is 0 Å². The standard InChI is InChI=1S/C23H23ClN4O2/c1-14(2)30-23(29)27-22(21-12-25-13-28(21)3)19-9-16-5-4-8-26-20(16)10-15-6-7-17(24)11-18(15)19/h4-9,11-14,22H,10H2,1-3H3,(H,27,29). The fourth-order valence-corrected chi connectivity index (χ4v) is 3.86. The molecule has 0 bridgehead atoms. The third-order valence-corrected chi connectivity index (χ3v) is 5.28. The van der Waals surface area contributed by atoms with Gasteiger partial charge < -0.3 is 14.6 Å². The first kappa shape index (κ1) is 20.2. The number of halogens is 1. The highest BCUT2D eigenvalue weighted by atomic mass is 35.5. The molecule has 1 aromatic carbocycles. The molecule has 1 amide bonds. The zero-order valence-electron chi connectivity index (χ0n) is 17.1. The summed E-state index contributed by atoms with van der Waals surface area (Å²) in [5.74, 6) is 0. The first-order valence-electron chi connectivity index (χ1n) is 9.80. The second kappa shape index (κ2) is 8.32. The lowest BCUT2D eigenvalue weighted by Crippen LogP contribution is -2.32. The van der Waals surface area contributed by atoms with Crippen molar-refractivity contribution in [2.45, 2.75) is 32.4 Å². The van der Waals surface area contributed by atoms with Crippen LogP contribution in [0.5, 0.6) is 0 Å². The maximum absolute atomic E-state index is 12.6. The zero-order valence-corrected chi connectivity index (χ0v) is 17.8.